The van der Waals surface area contributed by atoms with E-state index in [0.29, 0.717) is 12.4 Å². The number of nitrogens with zero attached hydrogens (tertiary/aromatic N) is 3. The van der Waals surface area contributed by atoms with Crippen molar-refractivity contribution in [3.8, 4) is 5.75 Å². The van der Waals surface area contributed by atoms with Crippen molar-refractivity contribution >= 4 is 22.9 Å². The second-order valence-corrected chi connectivity index (χ2v) is 8.82. The summed E-state index contributed by atoms with van der Waals surface area (Å²) >= 11 is 0. The van der Waals surface area contributed by atoms with Crippen LogP contribution in [0, 0.1) is 0 Å². The standard InChI is InChI=1S/C26H32N4O3/c1-2-24(33-21-11-10-19-6-5-7-20(19)18-21)25(31)28-26-27-22-8-3-4-9-23(22)30(26)13-12-29-14-16-32-17-15-29/h3-4,8-11,18,24H,2,5-7,12-17H2,1H3,(H,27,28,31). The summed E-state index contributed by atoms with van der Waals surface area (Å²) in [6.07, 6.45) is 3.42. The molecule has 0 bridgehead atoms. The molecule has 1 aliphatic heterocycles. The van der Waals surface area contributed by atoms with E-state index in [2.05, 4.69) is 33.0 Å². The number of imidazole rings is 1. The number of para-hydroxylation sites is 2. The SMILES string of the molecule is CCC(Oc1ccc2c(c1)CCC2)C(=O)Nc1nc2ccccc2n1CCN1CCOCC1. The number of ether oxygens (including phenoxy) is 2. The number of aryl methyl sites for hydroxylation is 2. The highest BCUT2D eigenvalue weighted by atomic mass is 16.5. The molecule has 1 N–H and O–H groups in total. The third-order valence-electron chi connectivity index (χ3n) is 6.64. The first-order valence-electron chi connectivity index (χ1n) is 12.1. The van der Waals surface area contributed by atoms with Crippen molar-refractivity contribution in [2.75, 3.05) is 38.2 Å². The Kier molecular flexibility index (Phi) is 6.60. The van der Waals surface area contributed by atoms with Crippen LogP contribution >= 0.6 is 0 Å². The number of aromatic nitrogens is 2. The van der Waals surface area contributed by atoms with E-state index in [1.165, 1.54) is 17.5 Å². The summed E-state index contributed by atoms with van der Waals surface area (Å²) in [5.74, 6) is 1.17. The molecule has 174 valence electrons. The lowest BCUT2D eigenvalue weighted by Crippen LogP contribution is -2.38. The molecule has 1 saturated heterocycles. The van der Waals surface area contributed by atoms with E-state index in [-0.39, 0.29) is 5.91 Å². The monoisotopic (exact) mass is 448 g/mol. The van der Waals surface area contributed by atoms with Crippen molar-refractivity contribution in [1.82, 2.24) is 14.5 Å². The topological polar surface area (TPSA) is 68.6 Å². The van der Waals surface area contributed by atoms with Crippen molar-refractivity contribution in [1.29, 1.82) is 0 Å². The Morgan fingerprint density at radius 3 is 2.79 bits per heavy atom. The highest BCUT2D eigenvalue weighted by Crippen LogP contribution is 2.27. The Balaban J connectivity index is 1.32. The van der Waals surface area contributed by atoms with Gasteiger partial charge < -0.3 is 14.0 Å². The fourth-order valence-corrected chi connectivity index (χ4v) is 4.76. The fourth-order valence-electron chi connectivity index (χ4n) is 4.76. The van der Waals surface area contributed by atoms with Gasteiger partial charge in [-0.3, -0.25) is 15.0 Å². The Morgan fingerprint density at radius 1 is 1.12 bits per heavy atom. The zero-order chi connectivity index (χ0) is 22.6. The molecule has 0 spiro atoms. The van der Waals surface area contributed by atoms with Crippen LogP contribution in [0.5, 0.6) is 5.75 Å². The van der Waals surface area contributed by atoms with E-state index in [9.17, 15) is 4.79 Å². The zero-order valence-electron chi connectivity index (χ0n) is 19.3. The van der Waals surface area contributed by atoms with Crippen LogP contribution < -0.4 is 10.1 Å². The highest BCUT2D eigenvalue weighted by molar-refractivity contribution is 5.94. The van der Waals surface area contributed by atoms with Gasteiger partial charge in [0, 0.05) is 26.2 Å². The maximum absolute atomic E-state index is 13.2. The fraction of sp³-hybridized carbons (Fsp3) is 0.462. The number of hydrogen-bond acceptors (Lipinski definition) is 5. The molecule has 0 radical (unpaired) electrons. The summed E-state index contributed by atoms with van der Waals surface area (Å²) in [5.41, 5.74) is 4.64. The first-order chi connectivity index (χ1) is 16.2. The van der Waals surface area contributed by atoms with Gasteiger partial charge in [-0.15, -0.1) is 0 Å². The van der Waals surface area contributed by atoms with Crippen molar-refractivity contribution in [2.24, 2.45) is 0 Å². The lowest BCUT2D eigenvalue weighted by atomic mass is 10.1. The average molecular weight is 449 g/mol. The number of morpholine rings is 1. The molecule has 1 fully saturated rings. The minimum atomic E-state index is -0.572. The van der Waals surface area contributed by atoms with Gasteiger partial charge in [0.1, 0.15) is 5.75 Å². The van der Waals surface area contributed by atoms with E-state index in [4.69, 9.17) is 14.5 Å². The number of benzene rings is 2. The Morgan fingerprint density at radius 2 is 1.94 bits per heavy atom. The Hall–Kier alpha value is -2.90. The number of nitrogens with one attached hydrogen (secondary N) is 1. The second-order valence-electron chi connectivity index (χ2n) is 8.82. The van der Waals surface area contributed by atoms with Crippen LogP contribution in [0.2, 0.25) is 0 Å². The summed E-state index contributed by atoms with van der Waals surface area (Å²) < 4.78 is 13.7. The molecule has 2 aliphatic rings. The van der Waals surface area contributed by atoms with Gasteiger partial charge in [0.05, 0.1) is 24.2 Å². The van der Waals surface area contributed by atoms with E-state index in [0.717, 1.165) is 69.0 Å². The first kappa shape index (κ1) is 21.9. The maximum atomic E-state index is 13.2. The van der Waals surface area contributed by atoms with Gasteiger partial charge in [0.2, 0.25) is 5.95 Å². The summed E-state index contributed by atoms with van der Waals surface area (Å²) in [6.45, 7) is 7.01. The molecule has 1 unspecified atom stereocenters. The molecule has 1 atom stereocenters. The molecule has 0 saturated carbocycles. The second kappa shape index (κ2) is 9.93. The quantitative estimate of drug-likeness (QED) is 0.570. The average Bonchev–Trinajstić information content (AvgIpc) is 3.45. The molecule has 1 aromatic heterocycles. The predicted octanol–water partition coefficient (Wildman–Crippen LogP) is 3.65. The van der Waals surface area contributed by atoms with Crippen LogP contribution in [0.1, 0.15) is 30.9 Å². The third-order valence-corrected chi connectivity index (χ3v) is 6.64. The van der Waals surface area contributed by atoms with Crippen LogP contribution in [0.15, 0.2) is 42.5 Å². The van der Waals surface area contributed by atoms with Gasteiger partial charge in [-0.25, -0.2) is 4.98 Å². The van der Waals surface area contributed by atoms with Gasteiger partial charge in [-0.05, 0) is 61.1 Å². The first-order valence-corrected chi connectivity index (χ1v) is 12.1. The van der Waals surface area contributed by atoms with E-state index in [1.54, 1.807) is 0 Å². The van der Waals surface area contributed by atoms with Gasteiger partial charge in [0.25, 0.3) is 5.91 Å². The van der Waals surface area contributed by atoms with E-state index < -0.39 is 6.10 Å². The molecule has 5 rings (SSSR count). The van der Waals surface area contributed by atoms with Gasteiger partial charge in [-0.2, -0.15) is 0 Å². The summed E-state index contributed by atoms with van der Waals surface area (Å²) in [6, 6.07) is 14.2. The van der Waals surface area contributed by atoms with Crippen molar-refractivity contribution in [3.63, 3.8) is 0 Å². The van der Waals surface area contributed by atoms with Crippen LogP contribution in [0.4, 0.5) is 5.95 Å². The van der Waals surface area contributed by atoms with Gasteiger partial charge >= 0.3 is 0 Å². The van der Waals surface area contributed by atoms with Gasteiger partial charge in [0.15, 0.2) is 6.10 Å². The smallest absolute Gasteiger partial charge is 0.267 e. The molecular weight excluding hydrogens is 416 g/mol. The molecule has 3 aromatic rings. The van der Waals surface area contributed by atoms with Crippen molar-refractivity contribution < 1.29 is 14.3 Å². The Labute approximate surface area is 194 Å². The Bertz CT molecular complexity index is 1120. The van der Waals surface area contributed by atoms with Crippen LogP contribution in [0.25, 0.3) is 11.0 Å². The summed E-state index contributed by atoms with van der Waals surface area (Å²) in [7, 11) is 0. The molecule has 7 nitrogen and oxygen atoms in total. The molecule has 1 amide bonds. The minimum Gasteiger partial charge on any atom is -0.481 e. The normalized spacial score (nSPS) is 17.1. The van der Waals surface area contributed by atoms with Crippen LogP contribution in [0.3, 0.4) is 0 Å². The lowest BCUT2D eigenvalue weighted by Gasteiger charge is -2.27. The van der Waals surface area contributed by atoms with Crippen molar-refractivity contribution in [3.05, 3.63) is 53.6 Å². The number of anilines is 1. The van der Waals surface area contributed by atoms with E-state index in [1.807, 2.05) is 31.2 Å². The molecule has 2 heterocycles. The highest BCUT2D eigenvalue weighted by Gasteiger charge is 2.23. The molecule has 2 aromatic carbocycles. The molecular formula is C26H32N4O3. The molecule has 1 aliphatic carbocycles. The largest absolute Gasteiger partial charge is 0.481 e. The number of amides is 1. The van der Waals surface area contributed by atoms with Crippen LogP contribution in [-0.4, -0.2) is 59.3 Å². The molecule has 7 heteroatoms. The number of carbonyl (C=O) groups excluding carboxylic acids is 1. The van der Waals surface area contributed by atoms with Crippen LogP contribution in [-0.2, 0) is 28.9 Å². The number of hydrogen-bond donors (Lipinski definition) is 1. The zero-order valence-corrected chi connectivity index (χ0v) is 19.3. The van der Waals surface area contributed by atoms with Crippen molar-refractivity contribution in [2.45, 2.75) is 45.3 Å². The number of rotatable bonds is 8. The predicted molar refractivity (Wildman–Crippen MR) is 129 cm³/mol. The van der Waals surface area contributed by atoms with E-state index >= 15 is 0 Å². The molecule has 33 heavy (non-hydrogen) atoms. The maximum Gasteiger partial charge on any atom is 0.267 e. The summed E-state index contributed by atoms with van der Waals surface area (Å²) in [4.78, 5) is 20.3. The lowest BCUT2D eigenvalue weighted by molar-refractivity contribution is -0.122. The summed E-state index contributed by atoms with van der Waals surface area (Å²) in [5, 5.41) is 3.06. The number of carbonyl (C=O) groups is 1. The third kappa shape index (κ3) is 4.89. The number of fused-ring (bicyclic) bond motifs is 2. The van der Waals surface area contributed by atoms with Gasteiger partial charge in [-0.1, -0.05) is 25.1 Å². The minimum absolute atomic E-state index is 0.166.